The van der Waals surface area contributed by atoms with E-state index in [9.17, 15) is 9.00 Å². The average molecular weight is 304 g/mol. The highest BCUT2D eigenvalue weighted by Gasteiger charge is 2.08. The zero-order valence-electron chi connectivity index (χ0n) is 11.9. The van der Waals surface area contributed by atoms with Crippen LogP contribution in [-0.4, -0.2) is 24.4 Å². The molecular weight excluding hydrogens is 288 g/mol. The van der Waals surface area contributed by atoms with Crippen LogP contribution in [0.25, 0.3) is 0 Å². The summed E-state index contributed by atoms with van der Waals surface area (Å²) in [5.74, 6) is 0.754. The quantitative estimate of drug-likeness (QED) is 0.797. The molecule has 0 saturated heterocycles. The molecule has 2 aromatic carbocycles. The molecule has 0 aliphatic carbocycles. The molecule has 0 aliphatic heterocycles. The Morgan fingerprint density at radius 3 is 2.14 bits per heavy atom. The van der Waals surface area contributed by atoms with Crippen LogP contribution in [0.3, 0.4) is 0 Å². The normalized spacial score (nSPS) is 11.7. The van der Waals surface area contributed by atoms with Gasteiger partial charge in [-0.05, 0) is 42.0 Å². The molecule has 0 saturated carbocycles. The maximum atomic E-state index is 12.3. The highest BCUT2D eigenvalue weighted by atomic mass is 32.2. The molecule has 0 fully saturated rings. The number of esters is 1. The Morgan fingerprint density at radius 1 is 1.00 bits per heavy atom. The molecular formula is C16H16O4S. The van der Waals surface area contributed by atoms with Crippen LogP contribution in [0, 0.1) is 0 Å². The third kappa shape index (κ3) is 3.92. The van der Waals surface area contributed by atoms with Crippen LogP contribution in [0.4, 0.5) is 0 Å². The van der Waals surface area contributed by atoms with Crippen molar-refractivity contribution in [2.24, 2.45) is 0 Å². The van der Waals surface area contributed by atoms with Crippen LogP contribution in [0.1, 0.15) is 15.9 Å². The van der Waals surface area contributed by atoms with Gasteiger partial charge in [0.25, 0.3) is 0 Å². The second-order valence-corrected chi connectivity index (χ2v) is 5.81. The Kier molecular flexibility index (Phi) is 5.11. The van der Waals surface area contributed by atoms with E-state index in [-0.39, 0.29) is 5.97 Å². The van der Waals surface area contributed by atoms with E-state index in [1.165, 1.54) is 7.11 Å². The number of hydrogen-bond donors (Lipinski definition) is 0. The van der Waals surface area contributed by atoms with Crippen molar-refractivity contribution in [2.75, 3.05) is 14.2 Å². The van der Waals surface area contributed by atoms with Gasteiger partial charge >= 0.3 is 5.97 Å². The monoisotopic (exact) mass is 304 g/mol. The minimum absolute atomic E-state index is 0.377. The van der Waals surface area contributed by atoms with Gasteiger partial charge in [-0.3, -0.25) is 4.21 Å². The van der Waals surface area contributed by atoms with Crippen molar-refractivity contribution in [3.63, 3.8) is 0 Å². The summed E-state index contributed by atoms with van der Waals surface area (Å²) in [6, 6.07) is 14.1. The van der Waals surface area contributed by atoms with Crippen LogP contribution >= 0.6 is 0 Å². The number of methoxy groups -OCH3 is 2. The minimum Gasteiger partial charge on any atom is -0.497 e. The molecule has 0 spiro atoms. The summed E-state index contributed by atoms with van der Waals surface area (Å²) in [5.41, 5.74) is 1.38. The first-order chi connectivity index (χ1) is 10.1. The van der Waals surface area contributed by atoms with Crippen molar-refractivity contribution in [3.05, 3.63) is 59.7 Å². The van der Waals surface area contributed by atoms with Gasteiger partial charge in [-0.25, -0.2) is 4.79 Å². The summed E-state index contributed by atoms with van der Waals surface area (Å²) in [6.07, 6.45) is 0. The second kappa shape index (κ2) is 7.04. The lowest BCUT2D eigenvalue weighted by molar-refractivity contribution is 0.0600. The molecule has 2 rings (SSSR count). The molecule has 0 aromatic heterocycles. The molecule has 0 heterocycles. The summed E-state index contributed by atoms with van der Waals surface area (Å²) < 4.78 is 22.0. The zero-order valence-corrected chi connectivity index (χ0v) is 12.7. The minimum atomic E-state index is -1.14. The fourth-order valence-electron chi connectivity index (χ4n) is 1.82. The van der Waals surface area contributed by atoms with Crippen LogP contribution in [0.5, 0.6) is 5.75 Å². The first-order valence-corrected chi connectivity index (χ1v) is 7.65. The first kappa shape index (κ1) is 15.3. The van der Waals surface area contributed by atoms with E-state index in [1.807, 2.05) is 0 Å². The lowest BCUT2D eigenvalue weighted by Gasteiger charge is -2.05. The fraction of sp³-hybridized carbons (Fsp3) is 0.188. The SMILES string of the molecule is COC(=O)c1ccc(CS(=O)c2ccc(OC)cc2)cc1. The third-order valence-corrected chi connectivity index (χ3v) is 4.39. The maximum Gasteiger partial charge on any atom is 0.337 e. The van der Waals surface area contributed by atoms with E-state index in [1.54, 1.807) is 55.6 Å². The number of carbonyl (C=O) groups is 1. The lowest BCUT2D eigenvalue weighted by Crippen LogP contribution is -2.02. The molecule has 21 heavy (non-hydrogen) atoms. The first-order valence-electron chi connectivity index (χ1n) is 6.33. The Hall–Kier alpha value is -2.14. The molecule has 4 nitrogen and oxygen atoms in total. The summed E-state index contributed by atoms with van der Waals surface area (Å²) in [5, 5.41) is 0. The fourth-order valence-corrected chi connectivity index (χ4v) is 2.92. The molecule has 0 bridgehead atoms. The number of benzene rings is 2. The largest absolute Gasteiger partial charge is 0.497 e. The Balaban J connectivity index is 2.06. The van der Waals surface area contributed by atoms with Gasteiger partial charge in [0.1, 0.15) is 5.75 Å². The predicted octanol–water partition coefficient (Wildman–Crippen LogP) is 2.79. The van der Waals surface area contributed by atoms with E-state index in [2.05, 4.69) is 4.74 Å². The van der Waals surface area contributed by atoms with Gasteiger partial charge in [0.15, 0.2) is 0 Å². The van der Waals surface area contributed by atoms with E-state index in [0.29, 0.717) is 11.3 Å². The van der Waals surface area contributed by atoms with Crippen LogP contribution in [0.15, 0.2) is 53.4 Å². The highest BCUT2D eigenvalue weighted by Crippen LogP contribution is 2.17. The van der Waals surface area contributed by atoms with Crippen molar-refractivity contribution in [3.8, 4) is 5.75 Å². The Labute approximate surface area is 126 Å². The van der Waals surface area contributed by atoms with Crippen LogP contribution in [-0.2, 0) is 21.3 Å². The maximum absolute atomic E-state index is 12.3. The molecule has 1 unspecified atom stereocenters. The summed E-state index contributed by atoms with van der Waals surface area (Å²) >= 11 is 0. The number of rotatable bonds is 5. The van der Waals surface area contributed by atoms with Crippen molar-refractivity contribution in [1.29, 1.82) is 0 Å². The van der Waals surface area contributed by atoms with Gasteiger partial charge in [-0.2, -0.15) is 0 Å². The van der Waals surface area contributed by atoms with E-state index >= 15 is 0 Å². The van der Waals surface area contributed by atoms with Gasteiger partial charge < -0.3 is 9.47 Å². The summed E-state index contributed by atoms with van der Waals surface area (Å²) in [4.78, 5) is 12.1. The van der Waals surface area contributed by atoms with Gasteiger partial charge in [0, 0.05) is 4.90 Å². The Morgan fingerprint density at radius 2 is 1.62 bits per heavy atom. The van der Waals surface area contributed by atoms with Gasteiger partial charge in [-0.15, -0.1) is 0 Å². The predicted molar refractivity (Wildman–Crippen MR) is 80.9 cm³/mol. The second-order valence-electron chi connectivity index (χ2n) is 4.35. The number of ether oxygens (including phenoxy) is 2. The topological polar surface area (TPSA) is 52.6 Å². The number of carbonyl (C=O) groups excluding carboxylic acids is 1. The molecule has 0 aliphatic rings. The van der Waals surface area contributed by atoms with Crippen molar-refractivity contribution < 1.29 is 18.5 Å². The lowest BCUT2D eigenvalue weighted by atomic mass is 10.1. The number of hydrogen-bond acceptors (Lipinski definition) is 4. The summed E-state index contributed by atoms with van der Waals surface area (Å²) in [6.45, 7) is 0. The van der Waals surface area contributed by atoms with Gasteiger partial charge in [0.05, 0.1) is 36.3 Å². The van der Waals surface area contributed by atoms with E-state index < -0.39 is 10.8 Å². The third-order valence-electron chi connectivity index (χ3n) is 3.00. The van der Waals surface area contributed by atoms with Crippen LogP contribution in [0.2, 0.25) is 0 Å². The smallest absolute Gasteiger partial charge is 0.337 e. The molecule has 0 radical (unpaired) electrons. The summed E-state index contributed by atoms with van der Waals surface area (Å²) in [7, 11) is 1.80. The molecule has 1 atom stereocenters. The van der Waals surface area contributed by atoms with Crippen LogP contribution < -0.4 is 4.74 Å². The van der Waals surface area contributed by atoms with Crippen molar-refractivity contribution in [1.82, 2.24) is 0 Å². The zero-order chi connectivity index (χ0) is 15.2. The highest BCUT2D eigenvalue weighted by molar-refractivity contribution is 7.84. The molecule has 0 N–H and O–H groups in total. The van der Waals surface area contributed by atoms with Crippen molar-refractivity contribution >= 4 is 16.8 Å². The van der Waals surface area contributed by atoms with E-state index in [4.69, 9.17) is 4.74 Å². The molecule has 2 aromatic rings. The molecule has 0 amide bonds. The standard InChI is InChI=1S/C16H16O4S/c1-19-14-7-9-15(10-8-14)21(18)11-12-3-5-13(6-4-12)16(17)20-2/h3-10H,11H2,1-2H3. The average Bonchev–Trinajstić information content (AvgIpc) is 2.55. The van der Waals surface area contributed by atoms with Gasteiger partial charge in [-0.1, -0.05) is 12.1 Å². The van der Waals surface area contributed by atoms with Crippen molar-refractivity contribution in [2.45, 2.75) is 10.6 Å². The molecule has 110 valence electrons. The van der Waals surface area contributed by atoms with E-state index in [0.717, 1.165) is 16.2 Å². The molecule has 5 heteroatoms. The Bertz CT molecular complexity index is 632. The van der Waals surface area contributed by atoms with Gasteiger partial charge in [0.2, 0.25) is 0 Å².